The van der Waals surface area contributed by atoms with Crippen molar-refractivity contribution in [3.05, 3.63) is 101 Å². The van der Waals surface area contributed by atoms with Crippen molar-refractivity contribution in [3.8, 4) is 11.4 Å². The van der Waals surface area contributed by atoms with E-state index in [-0.39, 0.29) is 0 Å². The number of rotatable bonds is 6. The summed E-state index contributed by atoms with van der Waals surface area (Å²) in [4.78, 5) is 13.4. The fourth-order valence-electron chi connectivity index (χ4n) is 3.26. The van der Waals surface area contributed by atoms with Gasteiger partial charge in [-0.2, -0.15) is 0 Å². The third kappa shape index (κ3) is 4.63. The van der Waals surface area contributed by atoms with E-state index < -0.39 is 0 Å². The Kier molecular flexibility index (Phi) is 5.58. The average molecular weight is 405 g/mol. The molecule has 0 bridgehead atoms. The van der Waals surface area contributed by atoms with Crippen LogP contribution in [0.3, 0.4) is 0 Å². The monoisotopic (exact) mass is 404 g/mol. The summed E-state index contributed by atoms with van der Waals surface area (Å²) < 4.78 is 7.56. The minimum atomic E-state index is 0.628. The fraction of sp³-hybridized carbons (Fsp3) is 0.174. The highest BCUT2D eigenvalue weighted by Crippen LogP contribution is 2.25. The fourth-order valence-corrected chi connectivity index (χ4v) is 3.47. The number of aryl methyl sites for hydroxylation is 1. The maximum absolute atomic E-state index is 6.09. The maximum Gasteiger partial charge on any atom is 0.143 e. The minimum Gasteiger partial charge on any atom is -0.495 e. The van der Waals surface area contributed by atoms with Crippen molar-refractivity contribution in [2.45, 2.75) is 19.8 Å². The third-order valence-corrected chi connectivity index (χ3v) is 4.87. The van der Waals surface area contributed by atoms with Gasteiger partial charge in [-0.25, -0.2) is 15.0 Å². The molecule has 4 rings (SSSR count). The number of hydrogen-bond acceptors (Lipinski definition) is 4. The van der Waals surface area contributed by atoms with Crippen LogP contribution in [-0.2, 0) is 12.8 Å². The van der Waals surface area contributed by atoms with Crippen LogP contribution in [0.1, 0.15) is 28.3 Å². The summed E-state index contributed by atoms with van der Waals surface area (Å²) >= 11 is 6.09. The zero-order valence-corrected chi connectivity index (χ0v) is 17.1. The molecule has 146 valence electrons. The first-order valence-corrected chi connectivity index (χ1v) is 9.71. The first-order valence-electron chi connectivity index (χ1n) is 9.34. The van der Waals surface area contributed by atoms with Gasteiger partial charge in [-0.3, -0.25) is 0 Å². The van der Waals surface area contributed by atoms with Gasteiger partial charge in [-0.15, -0.1) is 0 Å². The number of aromatic nitrogens is 4. The largest absolute Gasteiger partial charge is 0.495 e. The molecule has 0 fully saturated rings. The summed E-state index contributed by atoms with van der Waals surface area (Å²) in [6.45, 7) is 1.96. The lowest BCUT2D eigenvalue weighted by Gasteiger charge is -2.11. The lowest BCUT2D eigenvalue weighted by atomic mass is 10.1. The Bertz CT molecular complexity index is 1140. The number of nitrogens with zero attached hydrogens (tertiary/aromatic N) is 4. The highest BCUT2D eigenvalue weighted by molar-refractivity contribution is 6.30. The Labute approximate surface area is 175 Å². The molecule has 0 radical (unpaired) electrons. The van der Waals surface area contributed by atoms with Gasteiger partial charge in [0.1, 0.15) is 11.6 Å². The molecule has 0 spiro atoms. The number of hydrogen-bond donors (Lipinski definition) is 0. The van der Waals surface area contributed by atoms with E-state index in [0.29, 0.717) is 6.42 Å². The van der Waals surface area contributed by atoms with Crippen LogP contribution in [0.5, 0.6) is 5.75 Å². The first-order chi connectivity index (χ1) is 14.1. The summed E-state index contributed by atoms with van der Waals surface area (Å²) in [6.07, 6.45) is 6.92. The third-order valence-electron chi connectivity index (χ3n) is 4.63. The van der Waals surface area contributed by atoms with Crippen LogP contribution in [0, 0.1) is 6.92 Å². The van der Waals surface area contributed by atoms with Crippen LogP contribution in [0.25, 0.3) is 5.69 Å². The molecule has 4 aromatic rings. The van der Waals surface area contributed by atoms with Gasteiger partial charge in [0.15, 0.2) is 0 Å². The smallest absolute Gasteiger partial charge is 0.143 e. The van der Waals surface area contributed by atoms with Crippen LogP contribution < -0.4 is 4.74 Å². The van der Waals surface area contributed by atoms with Crippen molar-refractivity contribution >= 4 is 11.6 Å². The van der Waals surface area contributed by atoms with E-state index in [0.717, 1.165) is 51.2 Å². The van der Waals surface area contributed by atoms with Crippen LogP contribution in [0.2, 0.25) is 5.02 Å². The van der Waals surface area contributed by atoms with E-state index in [2.05, 4.69) is 22.1 Å². The zero-order valence-electron chi connectivity index (χ0n) is 16.3. The number of methoxy groups -OCH3 is 1. The van der Waals surface area contributed by atoms with Crippen LogP contribution in [-0.4, -0.2) is 26.6 Å². The molecule has 0 aliphatic rings. The highest BCUT2D eigenvalue weighted by Gasteiger charge is 2.09. The average Bonchev–Trinajstić information content (AvgIpc) is 3.14. The topological polar surface area (TPSA) is 52.8 Å². The molecule has 0 unspecified atom stereocenters. The predicted molar refractivity (Wildman–Crippen MR) is 114 cm³/mol. The molecule has 5 nitrogen and oxygen atoms in total. The van der Waals surface area contributed by atoms with E-state index in [9.17, 15) is 0 Å². The molecular formula is C23H21ClN4O. The Morgan fingerprint density at radius 1 is 1.00 bits per heavy atom. The molecule has 0 saturated heterocycles. The second kappa shape index (κ2) is 8.45. The second-order valence-corrected chi connectivity index (χ2v) is 7.31. The molecular weight excluding hydrogens is 384 g/mol. The van der Waals surface area contributed by atoms with E-state index >= 15 is 0 Å². The quantitative estimate of drug-likeness (QED) is 0.462. The molecule has 0 aliphatic carbocycles. The minimum absolute atomic E-state index is 0.628. The van der Waals surface area contributed by atoms with Gasteiger partial charge in [-0.1, -0.05) is 29.8 Å². The summed E-state index contributed by atoms with van der Waals surface area (Å²) in [6, 6.07) is 15.9. The summed E-state index contributed by atoms with van der Waals surface area (Å²) in [5.41, 5.74) is 5.09. The first kappa shape index (κ1) is 19.2. The molecule has 29 heavy (non-hydrogen) atoms. The Balaban J connectivity index is 1.54. The van der Waals surface area contributed by atoms with Crippen molar-refractivity contribution in [2.75, 3.05) is 7.11 Å². The highest BCUT2D eigenvalue weighted by atomic mass is 35.5. The summed E-state index contributed by atoms with van der Waals surface area (Å²) in [5, 5.41) is 0.733. The molecule has 0 saturated carbocycles. The van der Waals surface area contributed by atoms with Crippen molar-refractivity contribution in [2.24, 2.45) is 0 Å². The van der Waals surface area contributed by atoms with Crippen LogP contribution >= 0.6 is 11.6 Å². The molecule has 2 aromatic heterocycles. The SMILES string of the molecule is COc1cc(Cc2nccc(Cc3cccc(Cl)c3)n2)ccc1-n1cnc(C)c1. The number of ether oxygens (including phenoxy) is 1. The molecule has 0 amide bonds. The van der Waals surface area contributed by atoms with E-state index in [1.54, 1.807) is 13.4 Å². The summed E-state index contributed by atoms with van der Waals surface area (Å²) in [5.74, 6) is 1.56. The Morgan fingerprint density at radius 2 is 1.86 bits per heavy atom. The van der Waals surface area contributed by atoms with E-state index in [4.69, 9.17) is 21.3 Å². The van der Waals surface area contributed by atoms with Gasteiger partial charge in [0.2, 0.25) is 0 Å². The number of imidazole rings is 1. The molecule has 2 aromatic carbocycles. The lowest BCUT2D eigenvalue weighted by molar-refractivity contribution is 0.412. The molecule has 6 heteroatoms. The van der Waals surface area contributed by atoms with Crippen LogP contribution in [0.15, 0.2) is 67.3 Å². The standard InChI is InChI=1S/C23H21ClN4O/c1-16-14-28(15-26-16)21-7-6-18(12-22(21)29-2)13-23-25-9-8-20(27-23)11-17-4-3-5-19(24)10-17/h3-10,12,14-15H,11,13H2,1-2H3. The van der Waals surface area contributed by atoms with Crippen molar-refractivity contribution in [1.29, 1.82) is 0 Å². The maximum atomic E-state index is 6.09. The van der Waals surface area contributed by atoms with Gasteiger partial charge < -0.3 is 9.30 Å². The summed E-state index contributed by atoms with van der Waals surface area (Å²) in [7, 11) is 1.68. The van der Waals surface area contributed by atoms with E-state index in [1.165, 1.54) is 0 Å². The molecule has 0 N–H and O–H groups in total. The van der Waals surface area contributed by atoms with Crippen LogP contribution in [0.4, 0.5) is 0 Å². The normalized spacial score (nSPS) is 10.9. The van der Waals surface area contributed by atoms with Gasteiger partial charge in [0.05, 0.1) is 24.8 Å². The van der Waals surface area contributed by atoms with E-state index in [1.807, 2.05) is 60.3 Å². The van der Waals surface area contributed by atoms with Crippen molar-refractivity contribution in [3.63, 3.8) is 0 Å². The Morgan fingerprint density at radius 3 is 2.62 bits per heavy atom. The number of halogens is 1. The molecule has 0 atom stereocenters. The predicted octanol–water partition coefficient (Wildman–Crippen LogP) is 4.81. The second-order valence-electron chi connectivity index (χ2n) is 6.88. The van der Waals surface area contributed by atoms with Gasteiger partial charge >= 0.3 is 0 Å². The Hall–Kier alpha value is -3.18. The van der Waals surface area contributed by atoms with Gasteiger partial charge in [0.25, 0.3) is 0 Å². The van der Waals surface area contributed by atoms with Crippen molar-refractivity contribution in [1.82, 2.24) is 19.5 Å². The lowest BCUT2D eigenvalue weighted by Crippen LogP contribution is -2.02. The van der Waals surface area contributed by atoms with Crippen molar-refractivity contribution < 1.29 is 4.74 Å². The molecule has 2 heterocycles. The number of benzene rings is 2. The van der Waals surface area contributed by atoms with Gasteiger partial charge in [0, 0.05) is 36.0 Å². The van der Waals surface area contributed by atoms with Gasteiger partial charge in [-0.05, 0) is 48.4 Å². The zero-order chi connectivity index (χ0) is 20.2. The molecule has 0 aliphatic heterocycles.